The highest BCUT2D eigenvalue weighted by Gasteiger charge is 2.44. The van der Waals surface area contributed by atoms with E-state index in [1.165, 1.54) is 0 Å². The van der Waals surface area contributed by atoms with E-state index >= 15 is 0 Å². The van der Waals surface area contributed by atoms with Gasteiger partial charge < -0.3 is 5.32 Å². The van der Waals surface area contributed by atoms with Crippen molar-refractivity contribution in [1.82, 2.24) is 21.5 Å². The number of carbonyl (C=O) groups excluding carboxylic acids is 1. The first-order valence-electron chi connectivity index (χ1n) is 9.68. The number of nitrogens with one attached hydrogen (secondary N) is 4. The van der Waals surface area contributed by atoms with Crippen LogP contribution in [0.4, 0.5) is 17.6 Å². The molecule has 2 saturated carbocycles. The lowest BCUT2D eigenvalue weighted by atomic mass is 9.87. The number of hydrazine groups is 1. The molecule has 154 valence electrons. The van der Waals surface area contributed by atoms with Gasteiger partial charge in [0, 0.05) is 18.4 Å². The maximum Gasteiger partial charge on any atom is 0.405 e. The number of alkyl halides is 4. The minimum atomic E-state index is -4.36. The Balaban J connectivity index is 1.62. The lowest BCUT2D eigenvalue weighted by Crippen LogP contribution is -2.48. The minimum absolute atomic E-state index is 0.151. The lowest BCUT2D eigenvalue weighted by molar-refractivity contribution is -0.153. The monoisotopic (exact) mass is 393 g/mol. The first-order chi connectivity index (χ1) is 12.8. The van der Waals surface area contributed by atoms with E-state index in [9.17, 15) is 22.4 Å². The number of rotatable bonds is 3. The third kappa shape index (κ3) is 5.78. The smallest absolute Gasteiger partial charge is 0.353 e. The van der Waals surface area contributed by atoms with Gasteiger partial charge in [-0.3, -0.25) is 10.1 Å². The Bertz CT molecular complexity index is 542. The van der Waals surface area contributed by atoms with Gasteiger partial charge in [0.05, 0.1) is 0 Å². The first-order valence-corrected chi connectivity index (χ1v) is 9.68. The molecule has 1 heterocycles. The molecule has 0 bridgehead atoms. The van der Waals surface area contributed by atoms with Gasteiger partial charge in [0.1, 0.15) is 18.4 Å². The first kappa shape index (κ1) is 20.3. The molecule has 0 aromatic carbocycles. The van der Waals surface area contributed by atoms with E-state index in [2.05, 4.69) is 26.5 Å². The van der Waals surface area contributed by atoms with E-state index in [0.29, 0.717) is 25.7 Å². The molecule has 3 aliphatic rings. The maximum atomic E-state index is 13.3. The van der Waals surface area contributed by atoms with E-state index in [0.717, 1.165) is 25.7 Å². The highest BCUT2D eigenvalue weighted by Crippen LogP contribution is 2.27. The van der Waals surface area contributed by atoms with Crippen LogP contribution in [0.1, 0.15) is 57.8 Å². The van der Waals surface area contributed by atoms with Gasteiger partial charge in [0.2, 0.25) is 5.91 Å². The molecular weight excluding hydrogens is 366 g/mol. The van der Waals surface area contributed by atoms with Crippen molar-refractivity contribution in [3.63, 3.8) is 0 Å². The van der Waals surface area contributed by atoms with Crippen molar-refractivity contribution in [1.29, 1.82) is 0 Å². The zero-order valence-corrected chi connectivity index (χ0v) is 15.1. The van der Waals surface area contributed by atoms with Crippen LogP contribution in [-0.4, -0.2) is 42.5 Å². The van der Waals surface area contributed by atoms with Crippen LogP contribution in [0.15, 0.2) is 4.99 Å². The Labute approximate surface area is 155 Å². The molecular formula is C17H27F4N5O. The molecule has 3 fully saturated rings. The summed E-state index contributed by atoms with van der Waals surface area (Å²) >= 11 is 0. The van der Waals surface area contributed by atoms with Crippen LogP contribution in [0.2, 0.25) is 0 Å². The molecule has 0 aromatic heterocycles. The van der Waals surface area contributed by atoms with E-state index in [1.54, 1.807) is 0 Å². The van der Waals surface area contributed by atoms with Crippen molar-refractivity contribution in [3.8, 4) is 0 Å². The van der Waals surface area contributed by atoms with Crippen LogP contribution in [0.3, 0.4) is 0 Å². The van der Waals surface area contributed by atoms with Crippen LogP contribution < -0.4 is 21.5 Å². The predicted molar refractivity (Wildman–Crippen MR) is 92.3 cm³/mol. The third-order valence-corrected chi connectivity index (χ3v) is 5.53. The van der Waals surface area contributed by atoms with Crippen LogP contribution in [0.25, 0.3) is 0 Å². The van der Waals surface area contributed by atoms with Gasteiger partial charge in [-0.25, -0.2) is 20.2 Å². The fourth-order valence-electron chi connectivity index (χ4n) is 3.90. The fourth-order valence-corrected chi connectivity index (χ4v) is 3.90. The quantitative estimate of drug-likeness (QED) is 0.337. The molecule has 2 atom stereocenters. The molecule has 0 aromatic rings. The highest BCUT2D eigenvalue weighted by atomic mass is 19.4. The fraction of sp³-hybridized carbons (Fsp3) is 0.882. The molecule has 2 aliphatic carbocycles. The molecule has 0 spiro atoms. The summed E-state index contributed by atoms with van der Waals surface area (Å²) < 4.78 is 51.7. The Hall–Kier alpha value is -1.42. The van der Waals surface area contributed by atoms with Gasteiger partial charge in [-0.2, -0.15) is 13.2 Å². The average molecular weight is 393 g/mol. The van der Waals surface area contributed by atoms with E-state index in [1.807, 2.05) is 0 Å². The molecule has 1 amide bonds. The molecule has 27 heavy (non-hydrogen) atoms. The number of halogens is 4. The number of guanidine groups is 1. The summed E-state index contributed by atoms with van der Waals surface area (Å²) in [5.74, 6) is -0.328. The molecule has 3 rings (SSSR count). The van der Waals surface area contributed by atoms with Crippen LogP contribution >= 0.6 is 0 Å². The minimum Gasteiger partial charge on any atom is -0.353 e. The Kier molecular flexibility index (Phi) is 6.56. The lowest BCUT2D eigenvalue weighted by Gasteiger charge is -2.25. The Morgan fingerprint density at radius 1 is 1.00 bits per heavy atom. The standard InChI is InChI=1S/C17H27F4N5O/c18-11-7-5-10(6-8-11)15(27)24-16(22-12-3-1-2-4-12)23-14-9-13(25-26-14)17(19,20)21/h10-14,25-26H,1-9H2,(H2,22,23,24,27). The maximum absolute atomic E-state index is 13.3. The summed E-state index contributed by atoms with van der Waals surface area (Å²) in [4.78, 5) is 16.8. The summed E-state index contributed by atoms with van der Waals surface area (Å²) in [6.07, 6.45) is -0.568. The number of aliphatic imine (C=N–C) groups is 1. The van der Waals surface area contributed by atoms with E-state index in [-0.39, 0.29) is 30.2 Å². The van der Waals surface area contributed by atoms with E-state index < -0.39 is 24.6 Å². The van der Waals surface area contributed by atoms with Crippen molar-refractivity contribution in [3.05, 3.63) is 0 Å². The zero-order valence-electron chi connectivity index (χ0n) is 15.1. The highest BCUT2D eigenvalue weighted by molar-refractivity contribution is 5.98. The second-order valence-electron chi connectivity index (χ2n) is 7.68. The second kappa shape index (κ2) is 8.72. The molecule has 1 saturated heterocycles. The van der Waals surface area contributed by atoms with Crippen LogP contribution in [0, 0.1) is 5.92 Å². The molecule has 0 radical (unpaired) electrons. The van der Waals surface area contributed by atoms with E-state index in [4.69, 9.17) is 0 Å². The number of hydrogen-bond acceptors (Lipinski definition) is 4. The largest absolute Gasteiger partial charge is 0.405 e. The van der Waals surface area contributed by atoms with Gasteiger partial charge in [-0.15, -0.1) is 0 Å². The SMILES string of the molecule is O=C(N/C(=N\C1CC(C(F)(F)F)NN1)NC1CCCC1)C1CCC(F)CC1. The van der Waals surface area contributed by atoms with Crippen molar-refractivity contribution in [2.45, 2.75) is 88.4 Å². The summed E-state index contributed by atoms with van der Waals surface area (Å²) in [7, 11) is 0. The summed E-state index contributed by atoms with van der Waals surface area (Å²) in [5.41, 5.74) is 4.73. The van der Waals surface area contributed by atoms with Crippen molar-refractivity contribution < 1.29 is 22.4 Å². The van der Waals surface area contributed by atoms with Gasteiger partial charge >= 0.3 is 6.18 Å². The molecule has 4 N–H and O–H groups in total. The number of hydrogen-bond donors (Lipinski definition) is 4. The summed E-state index contributed by atoms with van der Waals surface area (Å²) in [6, 6.07) is -1.52. The van der Waals surface area contributed by atoms with Gasteiger partial charge in [-0.1, -0.05) is 12.8 Å². The zero-order chi connectivity index (χ0) is 19.4. The van der Waals surface area contributed by atoms with Crippen molar-refractivity contribution in [2.24, 2.45) is 10.9 Å². The van der Waals surface area contributed by atoms with Crippen LogP contribution in [0.5, 0.6) is 0 Å². The predicted octanol–water partition coefficient (Wildman–Crippen LogP) is 2.27. The Morgan fingerprint density at radius 2 is 1.67 bits per heavy atom. The summed E-state index contributed by atoms with van der Waals surface area (Å²) in [5, 5.41) is 5.91. The number of amides is 1. The van der Waals surface area contributed by atoms with Crippen molar-refractivity contribution >= 4 is 11.9 Å². The number of carbonyl (C=O) groups is 1. The second-order valence-corrected chi connectivity index (χ2v) is 7.68. The topological polar surface area (TPSA) is 77.5 Å². The van der Waals surface area contributed by atoms with Crippen LogP contribution in [-0.2, 0) is 4.79 Å². The third-order valence-electron chi connectivity index (χ3n) is 5.53. The molecule has 1 aliphatic heterocycles. The summed E-state index contributed by atoms with van der Waals surface area (Å²) in [6.45, 7) is 0. The average Bonchev–Trinajstić information content (AvgIpc) is 3.27. The van der Waals surface area contributed by atoms with Crippen molar-refractivity contribution in [2.75, 3.05) is 0 Å². The number of nitrogens with zero attached hydrogens (tertiary/aromatic N) is 1. The molecule has 6 nitrogen and oxygen atoms in total. The van der Waals surface area contributed by atoms with Gasteiger partial charge in [0.15, 0.2) is 5.96 Å². The molecule has 10 heteroatoms. The molecule has 2 unspecified atom stereocenters. The van der Waals surface area contributed by atoms with Gasteiger partial charge in [0.25, 0.3) is 0 Å². The normalized spacial score (nSPS) is 33.3. The Morgan fingerprint density at radius 3 is 2.26 bits per heavy atom. The van der Waals surface area contributed by atoms with Gasteiger partial charge in [-0.05, 0) is 38.5 Å².